The minimum Gasteiger partial charge on any atom is -0.481 e. The molecule has 0 aromatic carbocycles. The summed E-state index contributed by atoms with van der Waals surface area (Å²) in [4.78, 5) is 22.7. The van der Waals surface area contributed by atoms with Gasteiger partial charge < -0.3 is 9.84 Å². The van der Waals surface area contributed by atoms with Crippen LogP contribution in [0.2, 0.25) is 0 Å². The van der Waals surface area contributed by atoms with Crippen molar-refractivity contribution in [3.8, 4) is 0 Å². The van der Waals surface area contributed by atoms with E-state index in [1.54, 1.807) is 13.8 Å². The minimum absolute atomic E-state index is 0.00243. The second-order valence-corrected chi connectivity index (χ2v) is 4.72. The molecule has 0 spiro atoms. The van der Waals surface area contributed by atoms with Crippen LogP contribution in [0.5, 0.6) is 0 Å². The SMILES string of the molecule is CC(C)(CC(=O)C1CCOCC1)C(=O)O. The van der Waals surface area contributed by atoms with Crippen molar-refractivity contribution in [3.63, 3.8) is 0 Å². The lowest BCUT2D eigenvalue weighted by Crippen LogP contribution is -2.32. The third-order valence-electron chi connectivity index (χ3n) is 2.87. The van der Waals surface area contributed by atoms with Crippen LogP contribution in [0.1, 0.15) is 33.1 Å². The molecule has 1 fully saturated rings. The van der Waals surface area contributed by atoms with Crippen LogP contribution in [0.25, 0.3) is 0 Å². The van der Waals surface area contributed by atoms with Gasteiger partial charge in [0.15, 0.2) is 0 Å². The van der Waals surface area contributed by atoms with Crippen molar-refractivity contribution in [1.29, 1.82) is 0 Å². The van der Waals surface area contributed by atoms with E-state index in [0.717, 1.165) is 12.8 Å². The zero-order chi connectivity index (χ0) is 11.5. The monoisotopic (exact) mass is 214 g/mol. The maximum Gasteiger partial charge on any atom is 0.309 e. The Morgan fingerprint density at radius 2 is 1.87 bits per heavy atom. The van der Waals surface area contributed by atoms with E-state index in [9.17, 15) is 9.59 Å². The molecule has 0 aliphatic carbocycles. The van der Waals surface area contributed by atoms with Crippen LogP contribution < -0.4 is 0 Å². The van der Waals surface area contributed by atoms with Crippen molar-refractivity contribution < 1.29 is 19.4 Å². The predicted molar refractivity (Wildman–Crippen MR) is 54.6 cm³/mol. The summed E-state index contributed by atoms with van der Waals surface area (Å²) in [7, 11) is 0. The maximum atomic E-state index is 11.8. The molecule has 0 unspecified atom stereocenters. The second-order valence-electron chi connectivity index (χ2n) is 4.72. The van der Waals surface area contributed by atoms with Crippen molar-refractivity contribution in [2.75, 3.05) is 13.2 Å². The highest BCUT2D eigenvalue weighted by Gasteiger charge is 2.33. The molecule has 1 N–H and O–H groups in total. The summed E-state index contributed by atoms with van der Waals surface area (Å²) >= 11 is 0. The fraction of sp³-hybridized carbons (Fsp3) is 0.818. The van der Waals surface area contributed by atoms with Gasteiger partial charge >= 0.3 is 5.97 Å². The van der Waals surface area contributed by atoms with Crippen LogP contribution in [-0.4, -0.2) is 30.1 Å². The number of ether oxygens (including phenoxy) is 1. The van der Waals surface area contributed by atoms with Crippen molar-refractivity contribution in [2.45, 2.75) is 33.1 Å². The van der Waals surface area contributed by atoms with E-state index >= 15 is 0 Å². The number of carbonyl (C=O) groups excluding carboxylic acids is 1. The number of carboxylic acids is 1. The number of carboxylic acid groups (broad SMARTS) is 1. The first-order valence-electron chi connectivity index (χ1n) is 5.27. The first kappa shape index (κ1) is 12.2. The number of ketones is 1. The van der Waals surface area contributed by atoms with E-state index in [4.69, 9.17) is 9.84 Å². The largest absolute Gasteiger partial charge is 0.481 e. The molecule has 1 rings (SSSR count). The van der Waals surface area contributed by atoms with E-state index in [1.807, 2.05) is 0 Å². The van der Waals surface area contributed by atoms with Gasteiger partial charge in [0.25, 0.3) is 0 Å². The summed E-state index contributed by atoms with van der Waals surface area (Å²) in [6, 6.07) is 0. The summed E-state index contributed by atoms with van der Waals surface area (Å²) in [5, 5.41) is 8.91. The Balaban J connectivity index is 2.50. The topological polar surface area (TPSA) is 63.6 Å². The average Bonchev–Trinajstić information content (AvgIpc) is 2.18. The molecule has 86 valence electrons. The fourth-order valence-corrected chi connectivity index (χ4v) is 1.68. The quantitative estimate of drug-likeness (QED) is 0.770. The molecule has 1 heterocycles. The van der Waals surface area contributed by atoms with Crippen molar-refractivity contribution >= 4 is 11.8 Å². The molecule has 4 nitrogen and oxygen atoms in total. The molecule has 1 aliphatic heterocycles. The standard InChI is InChI=1S/C11H18O4/c1-11(2,10(13)14)7-9(12)8-3-5-15-6-4-8/h8H,3-7H2,1-2H3,(H,13,14). The molecule has 0 radical (unpaired) electrons. The number of hydrogen-bond donors (Lipinski definition) is 1. The van der Waals surface area contributed by atoms with Gasteiger partial charge in [-0.3, -0.25) is 9.59 Å². The van der Waals surface area contributed by atoms with Gasteiger partial charge in [-0.05, 0) is 26.7 Å². The molecule has 15 heavy (non-hydrogen) atoms. The summed E-state index contributed by atoms with van der Waals surface area (Å²) in [6.45, 7) is 4.41. The minimum atomic E-state index is -0.949. The fourth-order valence-electron chi connectivity index (χ4n) is 1.68. The zero-order valence-electron chi connectivity index (χ0n) is 9.28. The highest BCUT2D eigenvalue weighted by atomic mass is 16.5. The smallest absolute Gasteiger partial charge is 0.309 e. The predicted octanol–water partition coefficient (Wildman–Crippen LogP) is 1.48. The Kier molecular flexibility index (Phi) is 3.85. The van der Waals surface area contributed by atoms with Crippen LogP contribution >= 0.6 is 0 Å². The normalized spacial score (nSPS) is 18.8. The summed E-state index contributed by atoms with van der Waals surface area (Å²) in [6.07, 6.45) is 1.58. The average molecular weight is 214 g/mol. The van der Waals surface area contributed by atoms with E-state index < -0.39 is 11.4 Å². The first-order valence-corrected chi connectivity index (χ1v) is 5.27. The van der Waals surface area contributed by atoms with Crippen LogP contribution in [-0.2, 0) is 14.3 Å². The van der Waals surface area contributed by atoms with Crippen molar-refractivity contribution in [2.24, 2.45) is 11.3 Å². The molecule has 0 amide bonds. The summed E-state index contributed by atoms with van der Waals surface area (Å²) < 4.78 is 5.16. The Morgan fingerprint density at radius 3 is 2.33 bits per heavy atom. The third-order valence-corrected chi connectivity index (χ3v) is 2.87. The Bertz CT molecular complexity index is 251. The Hall–Kier alpha value is -0.900. The van der Waals surface area contributed by atoms with E-state index in [0.29, 0.717) is 13.2 Å². The number of carbonyl (C=O) groups is 2. The number of rotatable bonds is 4. The molecule has 1 saturated heterocycles. The van der Waals surface area contributed by atoms with Gasteiger partial charge in [-0.15, -0.1) is 0 Å². The highest BCUT2D eigenvalue weighted by molar-refractivity contribution is 5.87. The number of Topliss-reactive ketones (excluding diaryl/α,β-unsaturated/α-hetero) is 1. The van der Waals surface area contributed by atoms with Crippen LogP contribution in [0, 0.1) is 11.3 Å². The lowest BCUT2D eigenvalue weighted by molar-refractivity contribution is -0.150. The summed E-state index contributed by atoms with van der Waals surface area (Å²) in [5.41, 5.74) is -0.949. The lowest BCUT2D eigenvalue weighted by Gasteiger charge is -2.24. The van der Waals surface area contributed by atoms with Gasteiger partial charge in [0.2, 0.25) is 0 Å². The highest BCUT2D eigenvalue weighted by Crippen LogP contribution is 2.26. The van der Waals surface area contributed by atoms with Gasteiger partial charge in [0, 0.05) is 25.6 Å². The molecule has 0 aromatic heterocycles. The molecular weight excluding hydrogens is 196 g/mol. The van der Waals surface area contributed by atoms with Crippen molar-refractivity contribution in [3.05, 3.63) is 0 Å². The van der Waals surface area contributed by atoms with Crippen LogP contribution in [0.4, 0.5) is 0 Å². The Morgan fingerprint density at radius 1 is 1.33 bits per heavy atom. The molecule has 1 aliphatic rings. The summed E-state index contributed by atoms with van der Waals surface area (Å²) in [5.74, 6) is -0.856. The van der Waals surface area contributed by atoms with Gasteiger partial charge in [0.1, 0.15) is 5.78 Å². The molecule has 4 heteroatoms. The van der Waals surface area contributed by atoms with Crippen LogP contribution in [0.15, 0.2) is 0 Å². The zero-order valence-corrected chi connectivity index (χ0v) is 9.28. The van der Waals surface area contributed by atoms with Crippen molar-refractivity contribution in [1.82, 2.24) is 0 Å². The van der Waals surface area contributed by atoms with Crippen LogP contribution in [0.3, 0.4) is 0 Å². The Labute approximate surface area is 89.6 Å². The molecule has 0 aromatic rings. The second kappa shape index (κ2) is 4.75. The third kappa shape index (κ3) is 3.30. The molecule has 0 bridgehead atoms. The van der Waals surface area contributed by atoms with E-state index in [2.05, 4.69) is 0 Å². The first-order chi connectivity index (χ1) is 6.93. The van der Waals surface area contributed by atoms with E-state index in [1.165, 1.54) is 0 Å². The maximum absolute atomic E-state index is 11.8. The van der Waals surface area contributed by atoms with Gasteiger partial charge in [-0.1, -0.05) is 0 Å². The van der Waals surface area contributed by atoms with Gasteiger partial charge in [-0.25, -0.2) is 0 Å². The van der Waals surface area contributed by atoms with E-state index in [-0.39, 0.29) is 18.1 Å². The van der Waals surface area contributed by atoms with Gasteiger partial charge in [-0.2, -0.15) is 0 Å². The number of hydrogen-bond acceptors (Lipinski definition) is 3. The molecule has 0 atom stereocenters. The number of aliphatic carboxylic acids is 1. The lowest BCUT2D eigenvalue weighted by atomic mass is 9.82. The van der Waals surface area contributed by atoms with Gasteiger partial charge in [0.05, 0.1) is 5.41 Å². The molecule has 0 saturated carbocycles. The molecular formula is C11H18O4.